The van der Waals surface area contributed by atoms with E-state index in [-0.39, 0.29) is 0 Å². The molecule has 0 aromatic carbocycles. The highest BCUT2D eigenvalue weighted by Gasteiger charge is 2.11. The first-order chi connectivity index (χ1) is 3.43. The zero-order valence-corrected chi connectivity index (χ0v) is 4.31. The zero-order valence-electron chi connectivity index (χ0n) is 4.31. The minimum atomic E-state index is 0.681. The molecule has 0 heterocycles. The van der Waals surface area contributed by atoms with Crippen LogP contribution >= 0.6 is 0 Å². The Morgan fingerprint density at radius 1 is 1.57 bits per heavy atom. The Morgan fingerprint density at radius 3 is 2.43 bits per heavy atom. The van der Waals surface area contributed by atoms with Gasteiger partial charge in [0.1, 0.15) is 0 Å². The fourth-order valence-electron chi connectivity index (χ4n) is 0.815. The first-order valence-electron chi connectivity index (χ1n) is 2.78. The van der Waals surface area contributed by atoms with Crippen molar-refractivity contribution in [3.8, 4) is 0 Å². The predicted octanol–water partition coefficient (Wildman–Crippen LogP) is 1.29. The average Bonchev–Trinajstić information content (AvgIpc) is 1.55. The largest absolute Gasteiger partial charge is 0.542 e. The maximum Gasteiger partial charge on any atom is -0.0527 e. The third-order valence-electron chi connectivity index (χ3n) is 1.60. The molecule has 0 bridgehead atoms. The topological polar surface area (TPSA) is 17.1 Å². The van der Waals surface area contributed by atoms with Crippen LogP contribution in [0.4, 0.5) is 0 Å². The van der Waals surface area contributed by atoms with Gasteiger partial charge in [0.25, 0.3) is 0 Å². The van der Waals surface area contributed by atoms with Gasteiger partial charge in [-0.2, -0.15) is 0 Å². The molecular formula is C6H9O-. The second-order valence-corrected chi connectivity index (χ2v) is 2.15. The van der Waals surface area contributed by atoms with Gasteiger partial charge in [-0.1, -0.05) is 25.2 Å². The summed E-state index contributed by atoms with van der Waals surface area (Å²) in [4.78, 5) is 9.68. The minimum absolute atomic E-state index is 0.681. The Morgan fingerprint density at radius 2 is 2.29 bits per heavy atom. The first-order valence-corrected chi connectivity index (χ1v) is 2.78. The molecule has 1 aliphatic rings. The summed E-state index contributed by atoms with van der Waals surface area (Å²) in [5.74, 6) is 0.706. The van der Waals surface area contributed by atoms with E-state index >= 15 is 0 Å². The van der Waals surface area contributed by atoms with Gasteiger partial charge in [0, 0.05) is 0 Å². The van der Waals surface area contributed by atoms with Gasteiger partial charge in [-0.3, -0.25) is 6.29 Å². The van der Waals surface area contributed by atoms with Gasteiger partial charge in [0.05, 0.1) is 0 Å². The smallest absolute Gasteiger partial charge is 0.0527 e. The molecule has 40 valence electrons. The van der Waals surface area contributed by atoms with E-state index in [4.69, 9.17) is 0 Å². The van der Waals surface area contributed by atoms with Crippen molar-refractivity contribution in [1.29, 1.82) is 0 Å². The summed E-state index contributed by atoms with van der Waals surface area (Å²) in [7, 11) is 0. The lowest BCUT2D eigenvalue weighted by molar-refractivity contribution is 0.322. The molecule has 1 fully saturated rings. The molecule has 0 spiro atoms. The quantitative estimate of drug-likeness (QED) is 0.474. The van der Waals surface area contributed by atoms with Crippen LogP contribution in [0.1, 0.15) is 25.7 Å². The van der Waals surface area contributed by atoms with Gasteiger partial charge in [0.2, 0.25) is 0 Å². The van der Waals surface area contributed by atoms with Crippen LogP contribution in [-0.2, 0) is 4.79 Å². The fourth-order valence-corrected chi connectivity index (χ4v) is 0.815. The van der Waals surface area contributed by atoms with E-state index < -0.39 is 0 Å². The van der Waals surface area contributed by atoms with E-state index in [0.29, 0.717) is 12.3 Å². The maximum absolute atomic E-state index is 9.68. The second-order valence-electron chi connectivity index (χ2n) is 2.15. The summed E-state index contributed by atoms with van der Waals surface area (Å²) < 4.78 is 0. The Labute approximate surface area is 43.7 Å². The maximum atomic E-state index is 9.68. The van der Waals surface area contributed by atoms with Crippen LogP contribution in [0.2, 0.25) is 0 Å². The van der Waals surface area contributed by atoms with Gasteiger partial charge in [-0.15, -0.1) is 6.42 Å². The van der Waals surface area contributed by atoms with Crippen LogP contribution < -0.4 is 0 Å². The molecule has 1 aliphatic carbocycles. The van der Waals surface area contributed by atoms with Crippen molar-refractivity contribution in [1.82, 2.24) is 0 Å². The lowest BCUT2D eigenvalue weighted by Crippen LogP contribution is -2.10. The standard InChI is InChI=1S/C6H9O/c7-5-4-6-2-1-3-6/h6H,1-4H2/q-1. The highest BCUT2D eigenvalue weighted by molar-refractivity contribution is 5.50. The summed E-state index contributed by atoms with van der Waals surface area (Å²) >= 11 is 0. The minimum Gasteiger partial charge on any atom is -0.542 e. The highest BCUT2D eigenvalue weighted by atomic mass is 16.1. The zero-order chi connectivity index (χ0) is 5.11. The van der Waals surface area contributed by atoms with Crippen LogP contribution in [-0.4, -0.2) is 6.29 Å². The molecule has 0 aromatic heterocycles. The molecule has 0 unspecified atom stereocenters. The molecule has 7 heavy (non-hydrogen) atoms. The molecule has 1 saturated carbocycles. The Hall–Kier alpha value is -0.330. The molecule has 0 aliphatic heterocycles. The Balaban J connectivity index is 2.03. The molecular weight excluding hydrogens is 88.1 g/mol. The molecule has 1 heteroatoms. The molecule has 0 aromatic rings. The van der Waals surface area contributed by atoms with E-state index in [9.17, 15) is 4.79 Å². The predicted molar refractivity (Wildman–Crippen MR) is 27.7 cm³/mol. The molecule has 1 rings (SSSR count). The van der Waals surface area contributed by atoms with Crippen molar-refractivity contribution < 1.29 is 4.79 Å². The van der Waals surface area contributed by atoms with Gasteiger partial charge < -0.3 is 4.79 Å². The third kappa shape index (κ3) is 1.02. The number of hydrogen-bond acceptors (Lipinski definition) is 1. The van der Waals surface area contributed by atoms with E-state index in [2.05, 4.69) is 0 Å². The van der Waals surface area contributed by atoms with Crippen molar-refractivity contribution in [2.45, 2.75) is 25.7 Å². The van der Waals surface area contributed by atoms with E-state index in [0.717, 1.165) is 0 Å². The van der Waals surface area contributed by atoms with Crippen LogP contribution in [0, 0.1) is 5.92 Å². The van der Waals surface area contributed by atoms with Gasteiger partial charge in [-0.25, -0.2) is 0 Å². The normalized spacial score (nSPS) is 21.1. The summed E-state index contributed by atoms with van der Waals surface area (Å²) in [5, 5.41) is 0. The monoisotopic (exact) mass is 97.1 g/mol. The SMILES string of the molecule is O=[C-]CC1CCC1. The lowest BCUT2D eigenvalue weighted by Gasteiger charge is -2.26. The molecule has 1 nitrogen and oxygen atoms in total. The molecule has 0 saturated heterocycles. The van der Waals surface area contributed by atoms with Crippen LogP contribution in [0.25, 0.3) is 0 Å². The summed E-state index contributed by atoms with van der Waals surface area (Å²) in [6, 6.07) is 0. The van der Waals surface area contributed by atoms with Crippen molar-refractivity contribution >= 4 is 6.29 Å². The van der Waals surface area contributed by atoms with Gasteiger partial charge in [0.15, 0.2) is 0 Å². The van der Waals surface area contributed by atoms with E-state index in [1.54, 1.807) is 0 Å². The summed E-state index contributed by atoms with van der Waals surface area (Å²) in [6.45, 7) is 0. The second kappa shape index (κ2) is 2.10. The lowest BCUT2D eigenvalue weighted by atomic mass is 9.83. The third-order valence-corrected chi connectivity index (χ3v) is 1.60. The fraction of sp³-hybridized carbons (Fsp3) is 0.833. The average molecular weight is 97.1 g/mol. The van der Waals surface area contributed by atoms with Gasteiger partial charge >= 0.3 is 0 Å². The first kappa shape index (κ1) is 4.82. The van der Waals surface area contributed by atoms with Crippen LogP contribution in [0.5, 0.6) is 0 Å². The summed E-state index contributed by atoms with van der Waals surface area (Å²) in [5.41, 5.74) is 0. The molecule has 0 radical (unpaired) electrons. The number of carbonyl (C=O) groups excluding carboxylic acids is 1. The molecule has 0 amide bonds. The van der Waals surface area contributed by atoms with Crippen molar-refractivity contribution in [2.24, 2.45) is 5.92 Å². The van der Waals surface area contributed by atoms with Crippen molar-refractivity contribution in [3.05, 3.63) is 0 Å². The van der Waals surface area contributed by atoms with Crippen molar-refractivity contribution in [2.75, 3.05) is 0 Å². The molecule has 0 N–H and O–H groups in total. The number of hydrogen-bond donors (Lipinski definition) is 0. The van der Waals surface area contributed by atoms with Crippen LogP contribution in [0.15, 0.2) is 0 Å². The van der Waals surface area contributed by atoms with Gasteiger partial charge in [-0.05, 0) is 0 Å². The Bertz CT molecular complexity index is 64.6. The van der Waals surface area contributed by atoms with E-state index in [1.165, 1.54) is 19.3 Å². The Kier molecular flexibility index (Phi) is 1.45. The highest BCUT2D eigenvalue weighted by Crippen LogP contribution is 2.27. The van der Waals surface area contributed by atoms with E-state index in [1.807, 2.05) is 6.29 Å². The summed E-state index contributed by atoms with van der Waals surface area (Å²) in [6.07, 6.45) is 6.44. The number of rotatable bonds is 2. The van der Waals surface area contributed by atoms with Crippen LogP contribution in [0.3, 0.4) is 0 Å². The van der Waals surface area contributed by atoms with Crippen molar-refractivity contribution in [3.63, 3.8) is 0 Å². The molecule has 0 atom stereocenters.